The maximum absolute atomic E-state index is 9.24. The van der Waals surface area contributed by atoms with Crippen molar-refractivity contribution in [1.82, 2.24) is 0 Å². The van der Waals surface area contributed by atoms with E-state index in [0.717, 1.165) is 38.8 Å². The zero-order valence-corrected chi connectivity index (χ0v) is 14.4. The van der Waals surface area contributed by atoms with Crippen LogP contribution in [-0.2, 0) is 13.2 Å². The number of rotatable bonds is 5. The maximum Gasteiger partial charge on any atom is 0.127 e. The van der Waals surface area contributed by atoms with Crippen molar-refractivity contribution in [2.75, 3.05) is 0 Å². The summed E-state index contributed by atoms with van der Waals surface area (Å²) in [7, 11) is 0. The molecule has 128 valence electrons. The van der Waals surface area contributed by atoms with Crippen LogP contribution in [0, 0.1) is 0 Å². The van der Waals surface area contributed by atoms with Gasteiger partial charge in [0.1, 0.15) is 12.4 Å². The van der Waals surface area contributed by atoms with E-state index in [0.29, 0.717) is 6.61 Å². The summed E-state index contributed by atoms with van der Waals surface area (Å²) >= 11 is 0. The molecule has 0 saturated heterocycles. The third-order valence-electron chi connectivity index (χ3n) is 4.57. The van der Waals surface area contributed by atoms with Gasteiger partial charge in [-0.3, -0.25) is 0 Å². The predicted molar refractivity (Wildman–Crippen MR) is 106 cm³/mol. The zero-order valence-electron chi connectivity index (χ0n) is 14.4. The Bertz CT molecular complexity index is 1010. The number of hydrogen-bond donors (Lipinski definition) is 1. The van der Waals surface area contributed by atoms with Crippen molar-refractivity contribution in [3.05, 3.63) is 102 Å². The number of aliphatic hydroxyl groups is 1. The molecule has 4 aromatic carbocycles. The SMILES string of the molecule is OCc1ccc(-c2cccc3c(OCc4ccccc4)cccc23)cc1. The van der Waals surface area contributed by atoms with Crippen molar-refractivity contribution in [1.29, 1.82) is 0 Å². The number of fused-ring (bicyclic) bond motifs is 1. The van der Waals surface area contributed by atoms with Crippen LogP contribution in [-0.4, -0.2) is 5.11 Å². The molecule has 0 aliphatic heterocycles. The lowest BCUT2D eigenvalue weighted by molar-refractivity contribution is 0.282. The van der Waals surface area contributed by atoms with Gasteiger partial charge in [0.2, 0.25) is 0 Å². The van der Waals surface area contributed by atoms with Crippen molar-refractivity contribution in [2.45, 2.75) is 13.2 Å². The Morgan fingerprint density at radius 3 is 2.12 bits per heavy atom. The van der Waals surface area contributed by atoms with Gasteiger partial charge in [-0.25, -0.2) is 0 Å². The fourth-order valence-corrected chi connectivity index (χ4v) is 3.18. The molecule has 2 nitrogen and oxygen atoms in total. The Labute approximate surface area is 153 Å². The number of aliphatic hydroxyl groups excluding tert-OH is 1. The van der Waals surface area contributed by atoms with E-state index in [1.165, 1.54) is 0 Å². The van der Waals surface area contributed by atoms with Gasteiger partial charge in [-0.15, -0.1) is 0 Å². The lowest BCUT2D eigenvalue weighted by atomic mass is 9.97. The summed E-state index contributed by atoms with van der Waals surface area (Å²) < 4.78 is 6.10. The van der Waals surface area contributed by atoms with Gasteiger partial charge in [-0.1, -0.05) is 84.9 Å². The Morgan fingerprint density at radius 1 is 0.615 bits per heavy atom. The fraction of sp³-hybridized carbons (Fsp3) is 0.0833. The van der Waals surface area contributed by atoms with Crippen LogP contribution < -0.4 is 4.74 Å². The topological polar surface area (TPSA) is 29.5 Å². The normalized spacial score (nSPS) is 10.8. The molecule has 0 heterocycles. The van der Waals surface area contributed by atoms with Crippen molar-refractivity contribution in [3.63, 3.8) is 0 Å². The van der Waals surface area contributed by atoms with Gasteiger partial charge in [0.25, 0.3) is 0 Å². The van der Waals surface area contributed by atoms with Crippen LogP contribution in [0.1, 0.15) is 11.1 Å². The standard InChI is InChI=1S/C24H20O2/c25-16-18-12-14-20(15-13-18)21-8-4-10-23-22(21)9-5-11-24(23)26-17-19-6-2-1-3-7-19/h1-15,25H,16-17H2. The predicted octanol–water partition coefficient (Wildman–Crippen LogP) is 5.58. The van der Waals surface area contributed by atoms with Crippen LogP contribution in [0.5, 0.6) is 5.75 Å². The van der Waals surface area contributed by atoms with Crippen molar-refractivity contribution >= 4 is 10.8 Å². The molecule has 0 aliphatic carbocycles. The molecular weight excluding hydrogens is 320 g/mol. The van der Waals surface area contributed by atoms with E-state index in [-0.39, 0.29) is 6.61 Å². The summed E-state index contributed by atoms with van der Waals surface area (Å²) in [5.41, 5.74) is 4.37. The summed E-state index contributed by atoms with van der Waals surface area (Å²) in [6.45, 7) is 0.614. The molecular formula is C24H20O2. The number of benzene rings is 4. The first kappa shape index (κ1) is 16.4. The summed E-state index contributed by atoms with van der Waals surface area (Å²) in [4.78, 5) is 0. The van der Waals surface area contributed by atoms with E-state index in [4.69, 9.17) is 4.74 Å². The third-order valence-corrected chi connectivity index (χ3v) is 4.57. The first-order valence-electron chi connectivity index (χ1n) is 8.74. The molecule has 0 radical (unpaired) electrons. The van der Waals surface area contributed by atoms with Crippen molar-refractivity contribution < 1.29 is 9.84 Å². The minimum atomic E-state index is 0.0628. The molecule has 0 bridgehead atoms. The molecule has 0 aromatic heterocycles. The summed E-state index contributed by atoms with van der Waals surface area (Å²) in [6, 6.07) is 30.7. The highest BCUT2D eigenvalue weighted by Gasteiger charge is 2.08. The van der Waals surface area contributed by atoms with Crippen LogP contribution >= 0.6 is 0 Å². The molecule has 0 unspecified atom stereocenters. The average Bonchev–Trinajstić information content (AvgIpc) is 2.72. The first-order valence-corrected chi connectivity index (χ1v) is 8.74. The minimum Gasteiger partial charge on any atom is -0.488 e. The van der Waals surface area contributed by atoms with Crippen LogP contribution in [0.15, 0.2) is 91.0 Å². The van der Waals surface area contributed by atoms with E-state index in [2.05, 4.69) is 48.5 Å². The minimum absolute atomic E-state index is 0.0628. The fourth-order valence-electron chi connectivity index (χ4n) is 3.18. The van der Waals surface area contributed by atoms with E-state index in [1.807, 2.05) is 42.5 Å². The second kappa shape index (κ2) is 7.42. The zero-order chi connectivity index (χ0) is 17.8. The highest BCUT2D eigenvalue weighted by molar-refractivity contribution is 5.99. The van der Waals surface area contributed by atoms with Gasteiger partial charge in [0.15, 0.2) is 0 Å². The Kier molecular flexibility index (Phi) is 4.67. The molecule has 2 heteroatoms. The van der Waals surface area contributed by atoms with Crippen LogP contribution in [0.4, 0.5) is 0 Å². The highest BCUT2D eigenvalue weighted by Crippen LogP contribution is 2.34. The van der Waals surface area contributed by atoms with Gasteiger partial charge in [0, 0.05) is 5.39 Å². The van der Waals surface area contributed by atoms with Gasteiger partial charge >= 0.3 is 0 Å². The first-order chi connectivity index (χ1) is 12.8. The molecule has 4 rings (SSSR count). The van der Waals surface area contributed by atoms with E-state index < -0.39 is 0 Å². The lowest BCUT2D eigenvalue weighted by Gasteiger charge is -2.12. The van der Waals surface area contributed by atoms with Crippen molar-refractivity contribution in [2.24, 2.45) is 0 Å². The maximum atomic E-state index is 9.24. The molecule has 0 aliphatic rings. The average molecular weight is 340 g/mol. The van der Waals surface area contributed by atoms with E-state index >= 15 is 0 Å². The molecule has 0 spiro atoms. The lowest BCUT2D eigenvalue weighted by Crippen LogP contribution is -1.96. The van der Waals surface area contributed by atoms with Crippen molar-refractivity contribution in [3.8, 4) is 16.9 Å². The molecule has 4 aromatic rings. The Hall–Kier alpha value is -3.10. The second-order valence-corrected chi connectivity index (χ2v) is 6.29. The molecule has 26 heavy (non-hydrogen) atoms. The molecule has 1 N–H and O–H groups in total. The quantitative estimate of drug-likeness (QED) is 0.514. The smallest absolute Gasteiger partial charge is 0.127 e. The monoisotopic (exact) mass is 340 g/mol. The van der Waals surface area contributed by atoms with Gasteiger partial charge in [-0.05, 0) is 33.7 Å². The molecule has 0 amide bonds. The molecule has 0 atom stereocenters. The van der Waals surface area contributed by atoms with Gasteiger partial charge in [-0.2, -0.15) is 0 Å². The van der Waals surface area contributed by atoms with Gasteiger partial charge in [0.05, 0.1) is 6.61 Å². The Morgan fingerprint density at radius 2 is 1.35 bits per heavy atom. The molecule has 0 saturated carbocycles. The number of hydrogen-bond acceptors (Lipinski definition) is 2. The van der Waals surface area contributed by atoms with Crippen LogP contribution in [0.2, 0.25) is 0 Å². The Balaban J connectivity index is 1.70. The summed E-state index contributed by atoms with van der Waals surface area (Å²) in [5.74, 6) is 0.889. The molecule has 0 fully saturated rings. The van der Waals surface area contributed by atoms with Crippen LogP contribution in [0.3, 0.4) is 0 Å². The van der Waals surface area contributed by atoms with Crippen LogP contribution in [0.25, 0.3) is 21.9 Å². The van der Waals surface area contributed by atoms with E-state index in [9.17, 15) is 5.11 Å². The number of ether oxygens (including phenoxy) is 1. The summed E-state index contributed by atoms with van der Waals surface area (Å²) in [6.07, 6.45) is 0. The highest BCUT2D eigenvalue weighted by atomic mass is 16.5. The second-order valence-electron chi connectivity index (χ2n) is 6.29. The largest absolute Gasteiger partial charge is 0.488 e. The summed E-state index contributed by atoms with van der Waals surface area (Å²) in [5, 5.41) is 11.5. The third kappa shape index (κ3) is 3.32. The van der Waals surface area contributed by atoms with Gasteiger partial charge < -0.3 is 9.84 Å². The van der Waals surface area contributed by atoms with E-state index in [1.54, 1.807) is 0 Å².